The summed E-state index contributed by atoms with van der Waals surface area (Å²) in [5, 5.41) is 5.73. The Hall–Kier alpha value is -3.83. The number of methoxy groups -OCH3 is 1. The first kappa shape index (κ1) is 28.7. The molecule has 2 aromatic heterocycles. The zero-order chi connectivity index (χ0) is 28.9. The molecule has 4 aromatic rings. The average molecular weight is 595 g/mol. The molecule has 1 aliphatic rings. The van der Waals surface area contributed by atoms with E-state index in [1.165, 1.54) is 21.6 Å². The SMILES string of the molecule is CCOC(=O)c1c(NC(=O)C(CC)Sc2c(=O)o[nH][n+]2-c2ccc(OC)cc2)sc2c1CCC(c1ccccc1)C2. The molecule has 0 radical (unpaired) electrons. The fraction of sp³-hybridized carbons (Fsp3) is 0.333. The molecule has 2 unspecified atom stereocenters. The Morgan fingerprint density at radius 1 is 1.17 bits per heavy atom. The second kappa shape index (κ2) is 12.8. The molecular formula is C30H32N3O6S2+. The summed E-state index contributed by atoms with van der Waals surface area (Å²) in [5.41, 5.74) is 2.75. The fourth-order valence-corrected chi connectivity index (χ4v) is 7.32. The molecular weight excluding hydrogens is 562 g/mol. The predicted molar refractivity (Wildman–Crippen MR) is 157 cm³/mol. The van der Waals surface area contributed by atoms with Gasteiger partial charge in [-0.15, -0.1) is 11.3 Å². The number of fused-ring (bicyclic) bond motifs is 1. The van der Waals surface area contributed by atoms with Gasteiger partial charge >= 0.3 is 16.6 Å². The minimum atomic E-state index is -0.621. The lowest BCUT2D eigenvalue weighted by molar-refractivity contribution is -0.704. The first-order valence-electron chi connectivity index (χ1n) is 13.6. The molecule has 2 N–H and O–H groups in total. The summed E-state index contributed by atoms with van der Waals surface area (Å²) >= 11 is 2.55. The second-order valence-electron chi connectivity index (χ2n) is 9.60. The van der Waals surface area contributed by atoms with Crippen molar-refractivity contribution in [3.05, 3.63) is 86.6 Å². The van der Waals surface area contributed by atoms with Crippen molar-refractivity contribution in [3.8, 4) is 11.4 Å². The minimum Gasteiger partial charge on any atom is -0.497 e. The maximum absolute atomic E-state index is 13.6. The molecule has 0 saturated heterocycles. The number of aromatic amines is 1. The lowest BCUT2D eigenvalue weighted by atomic mass is 9.83. The van der Waals surface area contributed by atoms with Crippen LogP contribution in [-0.4, -0.2) is 36.1 Å². The molecule has 0 spiro atoms. The summed E-state index contributed by atoms with van der Waals surface area (Å²) in [6, 6.07) is 17.5. The van der Waals surface area contributed by atoms with Crippen LogP contribution in [0.3, 0.4) is 0 Å². The average Bonchev–Trinajstić information content (AvgIpc) is 3.55. The van der Waals surface area contributed by atoms with E-state index >= 15 is 0 Å². The van der Waals surface area contributed by atoms with E-state index in [1.54, 1.807) is 38.3 Å². The maximum atomic E-state index is 13.6. The third-order valence-corrected chi connectivity index (χ3v) is 9.68. The Balaban J connectivity index is 1.40. The van der Waals surface area contributed by atoms with Crippen LogP contribution in [0.5, 0.6) is 5.75 Å². The molecule has 5 rings (SSSR count). The summed E-state index contributed by atoms with van der Waals surface area (Å²) in [4.78, 5) is 40.4. The van der Waals surface area contributed by atoms with Crippen LogP contribution < -0.4 is 20.4 Å². The zero-order valence-electron chi connectivity index (χ0n) is 23.1. The molecule has 0 saturated carbocycles. The molecule has 0 aliphatic heterocycles. The number of H-pyrrole nitrogens is 1. The number of thioether (sulfide) groups is 1. The van der Waals surface area contributed by atoms with Crippen LogP contribution in [-0.2, 0) is 22.4 Å². The van der Waals surface area contributed by atoms with Gasteiger partial charge in [-0.25, -0.2) is 9.59 Å². The van der Waals surface area contributed by atoms with Crippen molar-refractivity contribution < 1.29 is 28.3 Å². The van der Waals surface area contributed by atoms with E-state index in [9.17, 15) is 14.4 Å². The molecule has 214 valence electrons. The lowest BCUT2D eigenvalue weighted by Crippen LogP contribution is -2.37. The Labute approximate surface area is 245 Å². The Bertz CT molecular complexity index is 1580. The molecule has 1 aliphatic carbocycles. The monoisotopic (exact) mass is 594 g/mol. The van der Waals surface area contributed by atoms with Gasteiger partial charge in [0.15, 0.2) is 0 Å². The highest BCUT2D eigenvalue weighted by Crippen LogP contribution is 2.43. The number of amides is 1. The van der Waals surface area contributed by atoms with Crippen molar-refractivity contribution in [2.45, 2.75) is 55.7 Å². The summed E-state index contributed by atoms with van der Waals surface area (Å²) in [7, 11) is 1.58. The summed E-state index contributed by atoms with van der Waals surface area (Å²) in [6.07, 6.45) is 2.88. The van der Waals surface area contributed by atoms with Crippen LogP contribution in [0.2, 0.25) is 0 Å². The molecule has 1 amide bonds. The van der Waals surface area contributed by atoms with Crippen LogP contribution in [0.25, 0.3) is 5.69 Å². The van der Waals surface area contributed by atoms with Crippen molar-refractivity contribution in [2.24, 2.45) is 0 Å². The molecule has 9 nitrogen and oxygen atoms in total. The summed E-state index contributed by atoms with van der Waals surface area (Å²) in [6.45, 7) is 3.88. The van der Waals surface area contributed by atoms with Gasteiger partial charge in [0.05, 0.1) is 24.5 Å². The number of hydrogen-bond donors (Lipinski definition) is 2. The molecule has 2 atom stereocenters. The number of carbonyl (C=O) groups excluding carboxylic acids is 2. The third-order valence-electron chi connectivity index (χ3n) is 7.11. The Kier molecular flexibility index (Phi) is 8.94. The van der Waals surface area contributed by atoms with Crippen molar-refractivity contribution in [1.82, 2.24) is 5.27 Å². The number of thiophene rings is 1. The molecule has 2 aromatic carbocycles. The summed E-state index contributed by atoms with van der Waals surface area (Å²) < 4.78 is 17.2. The molecule has 11 heteroatoms. The standard InChI is InChI=1S/C30H31N3O6S2/c1-4-23(41-28-30(36)39-32-33(28)20-12-14-21(37-3)15-13-20)26(34)31-27-25(29(35)38-5-2)22-16-11-19(17-24(22)40-27)18-9-7-6-8-10-18/h6-10,12-15,19,23H,4-5,11,16-17H2,1-3H3,(H-,31,32,34,35,36)/p+1. The maximum Gasteiger partial charge on any atom is 0.442 e. The first-order chi connectivity index (χ1) is 19.9. The number of carbonyl (C=O) groups is 2. The van der Waals surface area contributed by atoms with Crippen LogP contribution in [0.15, 0.2) is 68.9 Å². The van der Waals surface area contributed by atoms with E-state index in [4.69, 9.17) is 14.0 Å². The topological polar surface area (TPSA) is 115 Å². The number of hydrogen-bond acceptors (Lipinski definition) is 8. The van der Waals surface area contributed by atoms with E-state index in [1.807, 2.05) is 25.1 Å². The lowest BCUT2D eigenvalue weighted by Gasteiger charge is -2.23. The number of anilines is 1. The van der Waals surface area contributed by atoms with Crippen molar-refractivity contribution >= 4 is 40.0 Å². The van der Waals surface area contributed by atoms with E-state index in [-0.39, 0.29) is 17.5 Å². The van der Waals surface area contributed by atoms with E-state index in [0.717, 1.165) is 41.5 Å². The van der Waals surface area contributed by atoms with E-state index in [0.29, 0.717) is 34.3 Å². The van der Waals surface area contributed by atoms with Gasteiger partial charge < -0.3 is 14.8 Å². The molecule has 41 heavy (non-hydrogen) atoms. The van der Waals surface area contributed by atoms with Gasteiger partial charge in [0, 0.05) is 17.0 Å². The van der Waals surface area contributed by atoms with Crippen LogP contribution in [0, 0.1) is 0 Å². The normalized spacial score (nSPS) is 15.1. The Morgan fingerprint density at radius 3 is 2.61 bits per heavy atom. The highest BCUT2D eigenvalue weighted by Gasteiger charge is 2.34. The van der Waals surface area contributed by atoms with Gasteiger partial charge in [-0.05, 0) is 83.5 Å². The number of rotatable bonds is 10. The minimum absolute atomic E-state index is 0.235. The number of aromatic nitrogens is 2. The van der Waals surface area contributed by atoms with Gasteiger partial charge in [-0.3, -0.25) is 9.32 Å². The molecule has 0 fully saturated rings. The van der Waals surface area contributed by atoms with Crippen LogP contribution in [0.4, 0.5) is 5.00 Å². The largest absolute Gasteiger partial charge is 0.497 e. The van der Waals surface area contributed by atoms with Crippen LogP contribution in [0.1, 0.15) is 59.0 Å². The summed E-state index contributed by atoms with van der Waals surface area (Å²) in [5.74, 6) is 0.290. The van der Waals surface area contributed by atoms with Crippen molar-refractivity contribution in [1.29, 1.82) is 0 Å². The van der Waals surface area contributed by atoms with Gasteiger partial charge in [-0.1, -0.05) is 37.3 Å². The first-order valence-corrected chi connectivity index (χ1v) is 15.2. The van der Waals surface area contributed by atoms with Gasteiger partial charge in [0.1, 0.15) is 10.8 Å². The van der Waals surface area contributed by atoms with E-state index < -0.39 is 16.8 Å². The van der Waals surface area contributed by atoms with Gasteiger partial charge in [0.25, 0.3) is 0 Å². The number of nitrogens with one attached hydrogen (secondary N) is 2. The predicted octanol–water partition coefficient (Wildman–Crippen LogP) is 5.27. The molecule has 2 heterocycles. The number of esters is 1. The van der Waals surface area contributed by atoms with Gasteiger partial charge in [-0.2, -0.15) is 0 Å². The smallest absolute Gasteiger partial charge is 0.442 e. The molecule has 0 bridgehead atoms. The second-order valence-corrected chi connectivity index (χ2v) is 11.9. The van der Waals surface area contributed by atoms with Crippen LogP contribution >= 0.6 is 23.1 Å². The van der Waals surface area contributed by atoms with Gasteiger partial charge in [0.2, 0.25) is 11.6 Å². The Morgan fingerprint density at radius 2 is 1.93 bits per heavy atom. The number of ether oxygens (including phenoxy) is 2. The number of nitrogens with zero attached hydrogens (tertiary/aromatic N) is 1. The van der Waals surface area contributed by atoms with Crippen molar-refractivity contribution in [2.75, 3.05) is 19.0 Å². The fourth-order valence-electron chi connectivity index (χ4n) is 5.02. The number of benzene rings is 2. The van der Waals surface area contributed by atoms with Crippen molar-refractivity contribution in [3.63, 3.8) is 0 Å². The highest BCUT2D eigenvalue weighted by molar-refractivity contribution is 8.00. The quantitative estimate of drug-likeness (QED) is 0.146. The highest BCUT2D eigenvalue weighted by atomic mass is 32.2. The van der Waals surface area contributed by atoms with E-state index in [2.05, 4.69) is 22.7 Å². The zero-order valence-corrected chi connectivity index (χ0v) is 24.7. The third kappa shape index (κ3) is 6.11.